The molecule has 38 heavy (non-hydrogen) atoms. The van der Waals surface area contributed by atoms with Gasteiger partial charge in [-0.25, -0.2) is 4.39 Å². The molecule has 2 heterocycles. The smallest absolute Gasteiger partial charge is 0.158 e. The van der Waals surface area contributed by atoms with Crippen LogP contribution < -0.4 is 9.64 Å². The summed E-state index contributed by atoms with van der Waals surface area (Å²) in [5.41, 5.74) is 6.08. The number of fused-ring (bicyclic) bond motifs is 1. The predicted octanol–water partition coefficient (Wildman–Crippen LogP) is 8.20. The molecule has 2 aliphatic rings. The van der Waals surface area contributed by atoms with Crippen molar-refractivity contribution >= 4 is 5.69 Å². The van der Waals surface area contributed by atoms with Crippen molar-refractivity contribution in [1.82, 2.24) is 0 Å². The molecule has 0 radical (unpaired) electrons. The van der Waals surface area contributed by atoms with Gasteiger partial charge in [-0.2, -0.15) is 0 Å². The van der Waals surface area contributed by atoms with Gasteiger partial charge < -0.3 is 14.4 Å². The van der Waals surface area contributed by atoms with Crippen LogP contribution in [0.2, 0.25) is 0 Å². The van der Waals surface area contributed by atoms with Gasteiger partial charge >= 0.3 is 0 Å². The topological polar surface area (TPSA) is 25.0 Å². The maximum absolute atomic E-state index is 13.4. The molecule has 0 spiro atoms. The van der Waals surface area contributed by atoms with E-state index in [1.54, 1.807) is 12.1 Å². The average Bonchev–Trinajstić information content (AvgIpc) is 3.67. The second kappa shape index (κ2) is 10.6. The zero-order chi connectivity index (χ0) is 26.1. The molecule has 4 aromatic rings. The average molecular weight is 508 g/mol. The van der Waals surface area contributed by atoms with Gasteiger partial charge in [0.25, 0.3) is 0 Å². The molecule has 2 fully saturated rings. The van der Waals surface area contributed by atoms with Crippen molar-refractivity contribution in [3.63, 3.8) is 0 Å². The van der Waals surface area contributed by atoms with Crippen LogP contribution in [0.25, 0.3) is 0 Å². The molecule has 0 N–H and O–H groups in total. The van der Waals surface area contributed by atoms with Crippen molar-refractivity contribution < 1.29 is 13.9 Å². The van der Waals surface area contributed by atoms with E-state index in [0.29, 0.717) is 18.4 Å². The van der Waals surface area contributed by atoms with Gasteiger partial charge in [0.15, 0.2) is 6.23 Å². The van der Waals surface area contributed by atoms with Crippen LogP contribution in [0, 0.1) is 18.7 Å². The SMILES string of the molecule is Cc1ccc(N2C3OC3[C@H](CC[C@H](C)c3ccc(F)cc3)[C@H]2c2ccc(OCc3ccccc3)cc2)cc1. The molecular formula is C34H34FNO2. The maximum Gasteiger partial charge on any atom is 0.158 e. The van der Waals surface area contributed by atoms with Crippen molar-refractivity contribution in [2.24, 2.45) is 5.92 Å². The van der Waals surface area contributed by atoms with E-state index in [0.717, 1.165) is 24.2 Å². The molecule has 2 aliphatic heterocycles. The first-order chi connectivity index (χ1) is 18.6. The molecule has 2 unspecified atom stereocenters. The highest BCUT2D eigenvalue weighted by atomic mass is 19.1. The first-order valence-corrected chi connectivity index (χ1v) is 13.6. The fourth-order valence-corrected chi connectivity index (χ4v) is 5.85. The summed E-state index contributed by atoms with van der Waals surface area (Å²) in [6.07, 6.45) is 2.41. The fraction of sp³-hybridized carbons (Fsp3) is 0.294. The summed E-state index contributed by atoms with van der Waals surface area (Å²) in [5, 5.41) is 0. The van der Waals surface area contributed by atoms with Crippen LogP contribution in [0.1, 0.15) is 54.0 Å². The molecule has 4 heteroatoms. The molecule has 3 nitrogen and oxygen atoms in total. The maximum atomic E-state index is 13.4. The van der Waals surface area contributed by atoms with Crippen LogP contribution in [0.4, 0.5) is 10.1 Å². The number of rotatable bonds is 9. The number of hydrogen-bond acceptors (Lipinski definition) is 3. The summed E-state index contributed by atoms with van der Waals surface area (Å²) in [6, 6.07) is 34.8. The predicted molar refractivity (Wildman–Crippen MR) is 150 cm³/mol. The van der Waals surface area contributed by atoms with Crippen molar-refractivity contribution in [3.05, 3.63) is 131 Å². The first-order valence-electron chi connectivity index (χ1n) is 13.6. The minimum Gasteiger partial charge on any atom is -0.489 e. The van der Waals surface area contributed by atoms with E-state index in [1.807, 2.05) is 30.3 Å². The van der Waals surface area contributed by atoms with E-state index in [9.17, 15) is 4.39 Å². The Morgan fingerprint density at radius 3 is 2.29 bits per heavy atom. The number of epoxide rings is 1. The summed E-state index contributed by atoms with van der Waals surface area (Å²) in [4.78, 5) is 2.47. The lowest BCUT2D eigenvalue weighted by atomic mass is 9.85. The lowest BCUT2D eigenvalue weighted by molar-refractivity contribution is 0.229. The summed E-state index contributed by atoms with van der Waals surface area (Å²) in [7, 11) is 0. The molecule has 0 aliphatic carbocycles. The third-order valence-corrected chi connectivity index (χ3v) is 8.08. The standard InChI is InChI=1S/C34H34FNO2/c1-23-8-17-29(18-9-23)36-32(27-13-19-30(20-14-27)37-22-25-6-4-3-5-7-25)31(33-34(36)38-33)21-10-24(2)26-11-15-28(35)16-12-26/h3-9,11-20,24,31-34H,10,21-22H2,1-2H3/t24-,31+,32+,33?,34?/m0/s1. The van der Waals surface area contributed by atoms with Crippen molar-refractivity contribution in [3.8, 4) is 5.75 Å². The third-order valence-electron chi connectivity index (χ3n) is 8.08. The Morgan fingerprint density at radius 2 is 1.58 bits per heavy atom. The summed E-state index contributed by atoms with van der Waals surface area (Å²) in [5.74, 6) is 1.42. The number of halogens is 1. The molecule has 0 amide bonds. The first kappa shape index (κ1) is 24.7. The Morgan fingerprint density at radius 1 is 0.868 bits per heavy atom. The summed E-state index contributed by atoms with van der Waals surface area (Å²) in [6.45, 7) is 4.91. The molecule has 0 bridgehead atoms. The van der Waals surface area contributed by atoms with Gasteiger partial charge in [0.1, 0.15) is 24.3 Å². The number of nitrogens with zero attached hydrogens (tertiary/aromatic N) is 1. The summed E-state index contributed by atoms with van der Waals surface area (Å²) < 4.78 is 25.7. The quantitative estimate of drug-likeness (QED) is 0.214. The van der Waals surface area contributed by atoms with Crippen LogP contribution in [0.15, 0.2) is 103 Å². The van der Waals surface area contributed by atoms with Gasteiger partial charge in [-0.05, 0) is 78.8 Å². The monoisotopic (exact) mass is 507 g/mol. The molecule has 2 saturated heterocycles. The van der Waals surface area contributed by atoms with Crippen LogP contribution in [0.3, 0.4) is 0 Å². The Balaban J connectivity index is 1.22. The van der Waals surface area contributed by atoms with Crippen LogP contribution in [0.5, 0.6) is 5.75 Å². The summed E-state index contributed by atoms with van der Waals surface area (Å²) >= 11 is 0. The number of anilines is 1. The minimum atomic E-state index is -0.184. The van der Waals surface area contributed by atoms with Crippen LogP contribution >= 0.6 is 0 Å². The van der Waals surface area contributed by atoms with Gasteiger partial charge in [-0.3, -0.25) is 0 Å². The fourth-order valence-electron chi connectivity index (χ4n) is 5.85. The van der Waals surface area contributed by atoms with Gasteiger partial charge in [-0.1, -0.05) is 79.2 Å². The van der Waals surface area contributed by atoms with Gasteiger partial charge in [0.2, 0.25) is 0 Å². The van der Waals surface area contributed by atoms with Crippen molar-refractivity contribution in [2.75, 3.05) is 4.90 Å². The van der Waals surface area contributed by atoms with E-state index >= 15 is 0 Å². The lowest BCUT2D eigenvalue weighted by Crippen LogP contribution is -2.30. The molecule has 4 aromatic carbocycles. The number of benzene rings is 4. The Hall–Kier alpha value is -3.63. The zero-order valence-corrected chi connectivity index (χ0v) is 22.0. The van der Waals surface area contributed by atoms with E-state index in [1.165, 1.54) is 22.4 Å². The van der Waals surface area contributed by atoms with Gasteiger partial charge in [0, 0.05) is 11.6 Å². The Bertz CT molecular complexity index is 1340. The van der Waals surface area contributed by atoms with Gasteiger partial charge in [-0.15, -0.1) is 0 Å². The van der Waals surface area contributed by atoms with Crippen molar-refractivity contribution in [1.29, 1.82) is 0 Å². The molecular weight excluding hydrogens is 473 g/mol. The van der Waals surface area contributed by atoms with E-state index in [2.05, 4.69) is 79.4 Å². The number of hydrogen-bond donors (Lipinski definition) is 0. The number of ether oxygens (including phenoxy) is 2. The van der Waals surface area contributed by atoms with E-state index in [-0.39, 0.29) is 24.2 Å². The third kappa shape index (κ3) is 5.19. The molecule has 194 valence electrons. The zero-order valence-electron chi connectivity index (χ0n) is 22.0. The minimum absolute atomic E-state index is 0.114. The Kier molecular flexibility index (Phi) is 6.90. The second-order valence-corrected chi connectivity index (χ2v) is 10.7. The van der Waals surface area contributed by atoms with Crippen molar-refractivity contribution in [2.45, 2.75) is 57.6 Å². The van der Waals surface area contributed by atoms with Crippen LogP contribution in [-0.2, 0) is 11.3 Å². The molecule has 6 rings (SSSR count). The normalized spacial score (nSPS) is 22.7. The lowest BCUT2D eigenvalue weighted by Gasteiger charge is -2.33. The van der Waals surface area contributed by atoms with E-state index in [4.69, 9.17) is 9.47 Å². The molecule has 0 saturated carbocycles. The molecule has 5 atom stereocenters. The molecule has 0 aromatic heterocycles. The van der Waals surface area contributed by atoms with Gasteiger partial charge in [0.05, 0.1) is 6.04 Å². The van der Waals surface area contributed by atoms with Crippen LogP contribution in [-0.4, -0.2) is 12.3 Å². The number of aryl methyl sites for hydroxylation is 1. The highest BCUT2D eigenvalue weighted by molar-refractivity contribution is 5.55. The van der Waals surface area contributed by atoms with E-state index < -0.39 is 0 Å². The second-order valence-electron chi connectivity index (χ2n) is 10.7. The Labute approximate surface area is 224 Å². The highest BCUT2D eigenvalue weighted by Gasteiger charge is 2.60. The highest BCUT2D eigenvalue weighted by Crippen LogP contribution is 2.55. The largest absolute Gasteiger partial charge is 0.489 e.